The lowest BCUT2D eigenvalue weighted by Crippen LogP contribution is -1.99. The number of para-hydroxylation sites is 1. The minimum absolute atomic E-state index is 0.127. The molecule has 5 rings (SSSR count). The highest BCUT2D eigenvalue weighted by molar-refractivity contribution is 6.08. The summed E-state index contributed by atoms with van der Waals surface area (Å²) in [5, 5.41) is 19.6. The Kier molecular flexibility index (Phi) is 4.52. The summed E-state index contributed by atoms with van der Waals surface area (Å²) in [5.74, 6) is -0.627. The highest BCUT2D eigenvalue weighted by Crippen LogP contribution is 2.35. The van der Waals surface area contributed by atoms with Crippen LogP contribution in [0.4, 0.5) is 5.69 Å². The van der Waals surface area contributed by atoms with Gasteiger partial charge in [-0.2, -0.15) is 0 Å². The molecule has 0 aliphatic carbocycles. The van der Waals surface area contributed by atoms with Crippen molar-refractivity contribution in [3.05, 3.63) is 90.0 Å². The van der Waals surface area contributed by atoms with E-state index in [1.807, 2.05) is 79.7 Å². The molecule has 2 heterocycles. The third-order valence-electron chi connectivity index (χ3n) is 5.16. The molecule has 0 aliphatic heterocycles. The smallest absolute Gasteiger partial charge is 0.296 e. The van der Waals surface area contributed by atoms with Crippen LogP contribution in [0.25, 0.3) is 33.1 Å². The number of rotatable bonds is 3. The number of azo groups is 1. The predicted molar refractivity (Wildman–Crippen MR) is 121 cm³/mol. The Morgan fingerprint density at radius 2 is 1.71 bits per heavy atom. The molecule has 0 saturated carbocycles. The maximum atomic E-state index is 13.1. The highest BCUT2D eigenvalue weighted by atomic mass is 16.3. The number of hydrogen-bond donors (Lipinski definition) is 2. The number of fused-ring (bicyclic) bond motifs is 2. The SMILES string of the molecule is Cc1ccc2nc(-c3ccccc3)cc(C(=O)N=Nc3c(O)[nH]c4ccccc34)c2c1. The van der Waals surface area contributed by atoms with E-state index in [9.17, 15) is 9.90 Å². The molecule has 0 atom stereocenters. The summed E-state index contributed by atoms with van der Waals surface area (Å²) in [4.78, 5) is 20.7. The Labute approximate surface area is 177 Å². The number of carbonyl (C=O) groups is 1. The largest absolute Gasteiger partial charge is 0.493 e. The maximum absolute atomic E-state index is 13.1. The Morgan fingerprint density at radius 1 is 0.935 bits per heavy atom. The fourth-order valence-electron chi connectivity index (χ4n) is 3.64. The summed E-state index contributed by atoms with van der Waals surface area (Å²) in [7, 11) is 0. The molecule has 0 unspecified atom stereocenters. The van der Waals surface area contributed by atoms with Crippen LogP contribution in [-0.2, 0) is 0 Å². The molecule has 0 fully saturated rings. The van der Waals surface area contributed by atoms with Crippen molar-refractivity contribution in [3.8, 4) is 17.1 Å². The van der Waals surface area contributed by atoms with Gasteiger partial charge in [-0.3, -0.25) is 4.79 Å². The number of aryl methyl sites for hydroxylation is 1. The van der Waals surface area contributed by atoms with E-state index in [2.05, 4.69) is 15.2 Å². The molecule has 3 aromatic carbocycles. The van der Waals surface area contributed by atoms with Crippen molar-refractivity contribution >= 4 is 33.4 Å². The van der Waals surface area contributed by atoms with Gasteiger partial charge in [0.15, 0.2) is 5.69 Å². The number of aromatic hydroxyl groups is 1. The topological polar surface area (TPSA) is 90.7 Å². The molecule has 6 heteroatoms. The number of nitrogens with one attached hydrogen (secondary N) is 1. The molecular weight excluding hydrogens is 388 g/mol. The van der Waals surface area contributed by atoms with E-state index in [1.54, 1.807) is 6.07 Å². The second kappa shape index (κ2) is 7.50. The van der Waals surface area contributed by atoms with Crippen molar-refractivity contribution in [2.45, 2.75) is 6.92 Å². The lowest BCUT2D eigenvalue weighted by Gasteiger charge is -2.08. The summed E-state index contributed by atoms with van der Waals surface area (Å²) in [6.07, 6.45) is 0. The van der Waals surface area contributed by atoms with Crippen LogP contribution < -0.4 is 0 Å². The van der Waals surface area contributed by atoms with Crippen LogP contribution >= 0.6 is 0 Å². The summed E-state index contributed by atoms with van der Waals surface area (Å²) in [5.41, 5.74) is 4.69. The molecule has 0 spiro atoms. The normalized spacial score (nSPS) is 11.5. The molecule has 31 heavy (non-hydrogen) atoms. The zero-order chi connectivity index (χ0) is 21.4. The molecule has 0 saturated heterocycles. The first-order chi connectivity index (χ1) is 15.1. The monoisotopic (exact) mass is 406 g/mol. The molecule has 2 aromatic heterocycles. The van der Waals surface area contributed by atoms with Gasteiger partial charge in [0.1, 0.15) is 0 Å². The zero-order valence-corrected chi connectivity index (χ0v) is 16.7. The Morgan fingerprint density at radius 3 is 2.55 bits per heavy atom. The first-order valence-electron chi connectivity index (χ1n) is 9.83. The molecule has 0 aliphatic rings. The van der Waals surface area contributed by atoms with Crippen LogP contribution in [0, 0.1) is 6.92 Å². The molecule has 6 nitrogen and oxygen atoms in total. The van der Waals surface area contributed by atoms with Gasteiger partial charge in [-0.15, -0.1) is 10.2 Å². The van der Waals surface area contributed by atoms with Crippen LogP contribution in [0.5, 0.6) is 5.88 Å². The predicted octanol–water partition coefficient (Wildman–Crippen LogP) is 6.32. The third-order valence-corrected chi connectivity index (χ3v) is 5.16. The first-order valence-corrected chi connectivity index (χ1v) is 9.83. The molecule has 5 aromatic rings. The van der Waals surface area contributed by atoms with Gasteiger partial charge in [0.05, 0.1) is 22.3 Å². The quantitative estimate of drug-likeness (QED) is 0.343. The van der Waals surface area contributed by atoms with Gasteiger partial charge in [0.25, 0.3) is 5.91 Å². The highest BCUT2D eigenvalue weighted by Gasteiger charge is 2.16. The van der Waals surface area contributed by atoms with Crippen LogP contribution in [0.1, 0.15) is 15.9 Å². The second-order valence-electron chi connectivity index (χ2n) is 7.31. The lowest BCUT2D eigenvalue weighted by molar-refractivity contribution is 0.0996. The standard InChI is InChI=1S/C25H18N4O2/c1-15-11-12-21-18(13-15)19(14-22(26-21)16-7-3-2-4-8-16)24(30)29-28-23-17-9-5-6-10-20(17)27-25(23)31/h2-14,27,31H,1H3. The molecule has 0 radical (unpaired) electrons. The summed E-state index contributed by atoms with van der Waals surface area (Å²) >= 11 is 0. The van der Waals surface area contributed by atoms with Gasteiger partial charge in [0, 0.05) is 16.3 Å². The summed E-state index contributed by atoms with van der Waals surface area (Å²) < 4.78 is 0. The van der Waals surface area contributed by atoms with Crippen molar-refractivity contribution < 1.29 is 9.90 Å². The Hall–Kier alpha value is -4.32. The minimum atomic E-state index is -0.500. The number of aromatic nitrogens is 2. The summed E-state index contributed by atoms with van der Waals surface area (Å²) in [6, 6.07) is 24.5. The van der Waals surface area contributed by atoms with Crippen molar-refractivity contribution in [1.29, 1.82) is 0 Å². The number of pyridine rings is 1. The Balaban J connectivity index is 1.63. The van der Waals surface area contributed by atoms with Gasteiger partial charge >= 0.3 is 0 Å². The van der Waals surface area contributed by atoms with E-state index in [-0.39, 0.29) is 11.6 Å². The molecule has 2 N–H and O–H groups in total. The number of aromatic amines is 1. The fraction of sp³-hybridized carbons (Fsp3) is 0.0400. The van der Waals surface area contributed by atoms with E-state index in [0.29, 0.717) is 27.5 Å². The van der Waals surface area contributed by atoms with E-state index >= 15 is 0 Å². The number of carbonyl (C=O) groups excluding carboxylic acids is 1. The van der Waals surface area contributed by atoms with E-state index in [4.69, 9.17) is 4.98 Å². The maximum Gasteiger partial charge on any atom is 0.296 e. The van der Waals surface area contributed by atoms with E-state index in [0.717, 1.165) is 16.6 Å². The number of hydrogen-bond acceptors (Lipinski definition) is 4. The van der Waals surface area contributed by atoms with Crippen molar-refractivity contribution in [2.24, 2.45) is 10.2 Å². The molecule has 0 bridgehead atoms. The fourth-order valence-corrected chi connectivity index (χ4v) is 3.64. The third kappa shape index (κ3) is 3.44. The Bertz CT molecular complexity index is 1470. The molecule has 1 amide bonds. The van der Waals surface area contributed by atoms with Gasteiger partial charge < -0.3 is 10.1 Å². The average molecular weight is 406 g/mol. The number of H-pyrrole nitrogens is 1. The van der Waals surface area contributed by atoms with Crippen LogP contribution in [0.15, 0.2) is 89.1 Å². The average Bonchev–Trinajstić information content (AvgIpc) is 3.12. The molecular formula is C25H18N4O2. The van der Waals surface area contributed by atoms with Crippen molar-refractivity contribution in [3.63, 3.8) is 0 Å². The minimum Gasteiger partial charge on any atom is -0.493 e. The van der Waals surface area contributed by atoms with Crippen LogP contribution in [0.3, 0.4) is 0 Å². The lowest BCUT2D eigenvalue weighted by atomic mass is 10.0. The van der Waals surface area contributed by atoms with Gasteiger partial charge in [0.2, 0.25) is 5.88 Å². The molecule has 150 valence electrons. The van der Waals surface area contributed by atoms with Gasteiger partial charge in [-0.1, -0.05) is 60.2 Å². The second-order valence-corrected chi connectivity index (χ2v) is 7.31. The number of amides is 1. The summed E-state index contributed by atoms with van der Waals surface area (Å²) in [6.45, 7) is 1.96. The van der Waals surface area contributed by atoms with Crippen LogP contribution in [0.2, 0.25) is 0 Å². The van der Waals surface area contributed by atoms with Gasteiger partial charge in [-0.05, 0) is 31.2 Å². The van der Waals surface area contributed by atoms with E-state index in [1.165, 1.54) is 0 Å². The van der Waals surface area contributed by atoms with Crippen molar-refractivity contribution in [2.75, 3.05) is 0 Å². The first kappa shape index (κ1) is 18.7. The number of benzene rings is 3. The van der Waals surface area contributed by atoms with Gasteiger partial charge in [-0.25, -0.2) is 4.98 Å². The van der Waals surface area contributed by atoms with E-state index < -0.39 is 5.91 Å². The zero-order valence-electron chi connectivity index (χ0n) is 16.7. The number of nitrogens with zero attached hydrogens (tertiary/aromatic N) is 3. The van der Waals surface area contributed by atoms with Crippen molar-refractivity contribution in [1.82, 2.24) is 9.97 Å². The van der Waals surface area contributed by atoms with Crippen LogP contribution in [-0.4, -0.2) is 21.0 Å².